The molecule has 1 aromatic rings. The summed E-state index contributed by atoms with van der Waals surface area (Å²) < 4.78 is 1.89. The maximum absolute atomic E-state index is 12.3. The van der Waals surface area contributed by atoms with Gasteiger partial charge in [0.2, 0.25) is 5.91 Å². The highest BCUT2D eigenvalue weighted by Gasteiger charge is 2.43. The van der Waals surface area contributed by atoms with E-state index in [1.165, 1.54) is 0 Å². The van der Waals surface area contributed by atoms with Crippen LogP contribution in [0.3, 0.4) is 0 Å². The molecule has 3 aliphatic heterocycles. The van der Waals surface area contributed by atoms with E-state index in [1.807, 2.05) is 24.7 Å². The van der Waals surface area contributed by atoms with Gasteiger partial charge in [-0.05, 0) is 39.2 Å². The third kappa shape index (κ3) is 3.15. The van der Waals surface area contributed by atoms with Gasteiger partial charge < -0.3 is 11.1 Å². The average Bonchev–Trinajstić information content (AvgIpc) is 2.95. The zero-order valence-electron chi connectivity index (χ0n) is 13.4. The highest BCUT2D eigenvalue weighted by atomic mass is 16.2. The van der Waals surface area contributed by atoms with Crippen LogP contribution in [0.1, 0.15) is 32.4 Å². The minimum absolute atomic E-state index is 0.141. The maximum atomic E-state index is 12.3. The lowest BCUT2D eigenvalue weighted by Gasteiger charge is -2.49. The number of piperidine rings is 3. The van der Waals surface area contributed by atoms with Gasteiger partial charge in [-0.1, -0.05) is 5.21 Å². The van der Waals surface area contributed by atoms with Crippen molar-refractivity contribution in [2.24, 2.45) is 17.6 Å². The molecular formula is C15H26N6O. The standard InChI is InChI=1S/C15H26N6O/c1-10(2)17-15(22)14-9-20-4-3-11(14)5-13(20)8-21-7-12(6-16)18-19-21/h7,10-11,13-14H,3-6,8-9,16H2,1-2H3,(H,17,22)/t11-,13-,14+/m1/s1. The Morgan fingerprint density at radius 3 is 2.95 bits per heavy atom. The topological polar surface area (TPSA) is 89.1 Å². The van der Waals surface area contributed by atoms with Crippen molar-refractivity contribution in [2.75, 3.05) is 13.1 Å². The highest BCUT2D eigenvalue weighted by molar-refractivity contribution is 5.79. The van der Waals surface area contributed by atoms with Crippen molar-refractivity contribution in [2.45, 2.75) is 51.9 Å². The Morgan fingerprint density at radius 1 is 1.55 bits per heavy atom. The molecule has 7 nitrogen and oxygen atoms in total. The first-order valence-corrected chi connectivity index (χ1v) is 8.20. The number of nitrogens with zero attached hydrogens (tertiary/aromatic N) is 4. The molecule has 4 rings (SSSR count). The average molecular weight is 306 g/mol. The van der Waals surface area contributed by atoms with Crippen LogP contribution in [0.15, 0.2) is 6.20 Å². The van der Waals surface area contributed by atoms with Crippen LogP contribution in [0, 0.1) is 11.8 Å². The number of nitrogens with one attached hydrogen (secondary N) is 1. The summed E-state index contributed by atoms with van der Waals surface area (Å²) in [6.07, 6.45) is 4.11. The number of fused-ring (bicyclic) bond motifs is 3. The van der Waals surface area contributed by atoms with E-state index < -0.39 is 0 Å². The molecule has 3 N–H and O–H groups in total. The smallest absolute Gasteiger partial charge is 0.224 e. The SMILES string of the molecule is CC(C)NC(=O)[C@H]1CN2CC[C@@H]1C[C@@H]2Cn1cc(CN)nn1. The van der Waals surface area contributed by atoms with Gasteiger partial charge in [0.15, 0.2) is 0 Å². The number of nitrogens with two attached hydrogens (primary N) is 1. The van der Waals surface area contributed by atoms with Crippen LogP contribution in [-0.4, -0.2) is 51.0 Å². The second-order valence-electron chi connectivity index (χ2n) is 6.84. The van der Waals surface area contributed by atoms with Crippen LogP contribution in [0.2, 0.25) is 0 Å². The Morgan fingerprint density at radius 2 is 2.36 bits per heavy atom. The van der Waals surface area contributed by atoms with E-state index >= 15 is 0 Å². The Hall–Kier alpha value is -1.47. The second-order valence-corrected chi connectivity index (χ2v) is 6.84. The molecule has 3 fully saturated rings. The van der Waals surface area contributed by atoms with Gasteiger partial charge in [-0.3, -0.25) is 14.4 Å². The first kappa shape index (κ1) is 15.4. The molecule has 1 amide bonds. The monoisotopic (exact) mass is 306 g/mol. The van der Waals surface area contributed by atoms with Gasteiger partial charge in [0.05, 0.1) is 18.2 Å². The largest absolute Gasteiger partial charge is 0.354 e. The summed E-state index contributed by atoms with van der Waals surface area (Å²) in [6, 6.07) is 0.665. The molecule has 22 heavy (non-hydrogen) atoms. The molecule has 7 heteroatoms. The molecule has 122 valence electrons. The summed E-state index contributed by atoms with van der Waals surface area (Å²) in [6.45, 7) is 7.24. The molecule has 4 atom stereocenters. The fourth-order valence-corrected chi connectivity index (χ4v) is 3.75. The number of hydrogen-bond donors (Lipinski definition) is 2. The number of amides is 1. The summed E-state index contributed by atoms with van der Waals surface area (Å²) in [7, 11) is 0. The highest BCUT2D eigenvalue weighted by Crippen LogP contribution is 2.36. The Bertz CT molecular complexity index is 528. The Balaban J connectivity index is 1.61. The van der Waals surface area contributed by atoms with Crippen LogP contribution >= 0.6 is 0 Å². The van der Waals surface area contributed by atoms with Gasteiger partial charge >= 0.3 is 0 Å². The zero-order valence-corrected chi connectivity index (χ0v) is 13.4. The van der Waals surface area contributed by atoms with Crippen LogP contribution in [-0.2, 0) is 17.9 Å². The summed E-state index contributed by atoms with van der Waals surface area (Å²) in [4.78, 5) is 14.8. The molecule has 4 heterocycles. The fraction of sp³-hybridized carbons (Fsp3) is 0.800. The summed E-state index contributed by atoms with van der Waals surface area (Å²) >= 11 is 0. The first-order chi connectivity index (χ1) is 10.6. The third-order valence-corrected chi connectivity index (χ3v) is 4.84. The Kier molecular flexibility index (Phi) is 4.44. The molecular weight excluding hydrogens is 280 g/mol. The molecule has 0 spiro atoms. The number of carbonyl (C=O) groups is 1. The predicted molar refractivity (Wildman–Crippen MR) is 82.8 cm³/mol. The lowest BCUT2D eigenvalue weighted by Crippen LogP contribution is -2.58. The first-order valence-electron chi connectivity index (χ1n) is 8.20. The lowest BCUT2D eigenvalue weighted by molar-refractivity contribution is -0.133. The van der Waals surface area contributed by atoms with E-state index in [0.717, 1.165) is 38.2 Å². The molecule has 3 aliphatic rings. The minimum Gasteiger partial charge on any atom is -0.354 e. The van der Waals surface area contributed by atoms with E-state index in [1.54, 1.807) is 0 Å². The van der Waals surface area contributed by atoms with E-state index in [4.69, 9.17) is 5.73 Å². The minimum atomic E-state index is 0.141. The second kappa shape index (κ2) is 6.34. The van der Waals surface area contributed by atoms with Crippen LogP contribution in [0.4, 0.5) is 0 Å². The summed E-state index contributed by atoms with van der Waals surface area (Å²) in [5.41, 5.74) is 6.40. The van der Waals surface area contributed by atoms with Gasteiger partial charge in [0.1, 0.15) is 0 Å². The lowest BCUT2D eigenvalue weighted by atomic mass is 9.75. The number of aromatic nitrogens is 3. The van der Waals surface area contributed by atoms with Crippen LogP contribution in [0.25, 0.3) is 0 Å². The molecule has 0 radical (unpaired) electrons. The van der Waals surface area contributed by atoms with Crippen molar-refractivity contribution in [1.29, 1.82) is 0 Å². The number of carbonyl (C=O) groups excluding carboxylic acids is 1. The van der Waals surface area contributed by atoms with Crippen molar-refractivity contribution >= 4 is 5.91 Å². The van der Waals surface area contributed by atoms with Crippen molar-refractivity contribution in [3.63, 3.8) is 0 Å². The van der Waals surface area contributed by atoms with Gasteiger partial charge in [-0.15, -0.1) is 5.10 Å². The van der Waals surface area contributed by atoms with E-state index in [9.17, 15) is 4.79 Å². The zero-order chi connectivity index (χ0) is 15.7. The van der Waals surface area contributed by atoms with Crippen molar-refractivity contribution in [1.82, 2.24) is 25.2 Å². The van der Waals surface area contributed by atoms with Gasteiger partial charge in [0, 0.05) is 31.4 Å². The van der Waals surface area contributed by atoms with Crippen molar-refractivity contribution < 1.29 is 4.79 Å². The maximum Gasteiger partial charge on any atom is 0.224 e. The van der Waals surface area contributed by atoms with Crippen LogP contribution < -0.4 is 11.1 Å². The number of hydrogen-bond acceptors (Lipinski definition) is 5. The fourth-order valence-electron chi connectivity index (χ4n) is 3.75. The third-order valence-electron chi connectivity index (χ3n) is 4.84. The molecule has 3 saturated heterocycles. The molecule has 0 aliphatic carbocycles. The van der Waals surface area contributed by atoms with E-state index in [-0.39, 0.29) is 17.9 Å². The quantitative estimate of drug-likeness (QED) is 0.797. The van der Waals surface area contributed by atoms with Gasteiger partial charge in [0.25, 0.3) is 0 Å². The molecule has 2 bridgehead atoms. The molecule has 0 saturated carbocycles. The molecule has 1 unspecified atom stereocenters. The van der Waals surface area contributed by atoms with Gasteiger partial charge in [-0.2, -0.15) is 0 Å². The summed E-state index contributed by atoms with van der Waals surface area (Å²) in [5, 5.41) is 11.2. The number of rotatable bonds is 5. The van der Waals surface area contributed by atoms with Crippen LogP contribution in [0.5, 0.6) is 0 Å². The molecule has 0 aromatic carbocycles. The normalized spacial score (nSPS) is 30.7. The van der Waals surface area contributed by atoms with Gasteiger partial charge in [-0.25, -0.2) is 0 Å². The molecule has 1 aromatic heterocycles. The Labute approximate surface area is 131 Å². The van der Waals surface area contributed by atoms with E-state index in [0.29, 0.717) is 18.5 Å². The van der Waals surface area contributed by atoms with E-state index in [2.05, 4.69) is 20.5 Å². The van der Waals surface area contributed by atoms with Crippen molar-refractivity contribution in [3.8, 4) is 0 Å². The predicted octanol–water partition coefficient (Wildman–Crippen LogP) is -0.0282. The summed E-state index contributed by atoms with van der Waals surface area (Å²) in [5.74, 6) is 0.850. The van der Waals surface area contributed by atoms with Crippen molar-refractivity contribution in [3.05, 3.63) is 11.9 Å².